The van der Waals surface area contributed by atoms with Gasteiger partial charge < -0.3 is 4.74 Å². The molecule has 1 unspecified atom stereocenters. The summed E-state index contributed by atoms with van der Waals surface area (Å²) in [6, 6.07) is 7.52. The predicted molar refractivity (Wildman–Crippen MR) is 71.1 cm³/mol. The molecule has 19 heavy (non-hydrogen) atoms. The molecule has 0 radical (unpaired) electrons. The number of ether oxygens (including phenoxy) is 1. The highest BCUT2D eigenvalue weighted by Crippen LogP contribution is 2.16. The Balaban J connectivity index is 1.98. The maximum Gasteiger partial charge on any atom is 0.329 e. The van der Waals surface area contributed by atoms with Crippen molar-refractivity contribution in [2.75, 3.05) is 13.2 Å². The van der Waals surface area contributed by atoms with Gasteiger partial charge in [-0.2, -0.15) is 0 Å². The summed E-state index contributed by atoms with van der Waals surface area (Å²) in [5.74, 6) is 0.0156. The molecule has 0 spiro atoms. The van der Waals surface area contributed by atoms with E-state index < -0.39 is 0 Å². The molecular formula is C14H16N2O3. The first-order valence-electron chi connectivity index (χ1n) is 6.43. The van der Waals surface area contributed by atoms with Crippen LogP contribution in [0.3, 0.4) is 0 Å². The predicted octanol–water partition coefficient (Wildman–Crippen LogP) is 0.946. The van der Waals surface area contributed by atoms with Crippen LogP contribution in [-0.4, -0.2) is 28.1 Å². The Hall–Kier alpha value is -1.88. The summed E-state index contributed by atoms with van der Waals surface area (Å²) in [7, 11) is 1.73. The second-order valence-electron chi connectivity index (χ2n) is 4.94. The summed E-state index contributed by atoms with van der Waals surface area (Å²) >= 11 is 0. The van der Waals surface area contributed by atoms with Crippen molar-refractivity contribution < 1.29 is 9.53 Å². The van der Waals surface area contributed by atoms with Gasteiger partial charge in [-0.1, -0.05) is 12.1 Å². The van der Waals surface area contributed by atoms with Crippen molar-refractivity contribution in [3.05, 3.63) is 34.7 Å². The van der Waals surface area contributed by atoms with Crippen molar-refractivity contribution in [2.45, 2.75) is 13.0 Å². The molecular weight excluding hydrogens is 244 g/mol. The van der Waals surface area contributed by atoms with Gasteiger partial charge in [0.15, 0.2) is 5.78 Å². The summed E-state index contributed by atoms with van der Waals surface area (Å²) in [4.78, 5) is 24.4. The summed E-state index contributed by atoms with van der Waals surface area (Å²) in [5.41, 5.74) is 1.51. The summed E-state index contributed by atoms with van der Waals surface area (Å²) in [6.45, 7) is 1.26. The highest BCUT2D eigenvalue weighted by atomic mass is 16.5. The van der Waals surface area contributed by atoms with Gasteiger partial charge in [0.1, 0.15) is 0 Å². The average Bonchev–Trinajstić information content (AvgIpc) is 3.03. The third-order valence-electron chi connectivity index (χ3n) is 3.75. The van der Waals surface area contributed by atoms with E-state index in [0.717, 1.165) is 17.5 Å². The van der Waals surface area contributed by atoms with E-state index in [2.05, 4.69) is 0 Å². The van der Waals surface area contributed by atoms with Crippen LogP contribution in [0.5, 0.6) is 0 Å². The lowest BCUT2D eigenvalue weighted by Gasteiger charge is -2.07. The molecule has 3 rings (SSSR count). The molecule has 5 nitrogen and oxygen atoms in total. The number of Topliss-reactive ketones (excluding diaryl/α,β-unsaturated/α-hetero) is 1. The summed E-state index contributed by atoms with van der Waals surface area (Å²) in [6.07, 6.45) is 0.762. The van der Waals surface area contributed by atoms with Crippen LogP contribution in [0.25, 0.3) is 11.0 Å². The van der Waals surface area contributed by atoms with Gasteiger partial charge in [-0.3, -0.25) is 13.9 Å². The zero-order chi connectivity index (χ0) is 13.4. The number of ketones is 1. The van der Waals surface area contributed by atoms with E-state index in [1.807, 2.05) is 24.3 Å². The van der Waals surface area contributed by atoms with E-state index in [9.17, 15) is 9.59 Å². The van der Waals surface area contributed by atoms with E-state index in [4.69, 9.17) is 4.74 Å². The van der Waals surface area contributed by atoms with Crippen LogP contribution >= 0.6 is 0 Å². The number of carbonyl (C=O) groups excluding carboxylic acids is 1. The normalized spacial score (nSPS) is 19.1. The zero-order valence-corrected chi connectivity index (χ0v) is 10.8. The topological polar surface area (TPSA) is 53.2 Å². The van der Waals surface area contributed by atoms with Crippen molar-refractivity contribution >= 4 is 16.8 Å². The molecule has 1 aliphatic heterocycles. The first-order valence-corrected chi connectivity index (χ1v) is 6.43. The van der Waals surface area contributed by atoms with Crippen LogP contribution in [0.15, 0.2) is 29.1 Å². The molecule has 5 heteroatoms. The molecule has 2 heterocycles. The van der Waals surface area contributed by atoms with E-state index in [0.29, 0.717) is 13.2 Å². The Morgan fingerprint density at radius 3 is 2.79 bits per heavy atom. The summed E-state index contributed by atoms with van der Waals surface area (Å²) in [5, 5.41) is 0. The number of hydrogen-bond acceptors (Lipinski definition) is 3. The Bertz CT molecular complexity index is 678. The quantitative estimate of drug-likeness (QED) is 0.825. The lowest BCUT2D eigenvalue weighted by molar-refractivity contribution is -0.123. The highest BCUT2D eigenvalue weighted by Gasteiger charge is 2.24. The van der Waals surface area contributed by atoms with Gasteiger partial charge in [0, 0.05) is 19.6 Å². The molecule has 0 aliphatic carbocycles. The van der Waals surface area contributed by atoms with Crippen LogP contribution < -0.4 is 5.69 Å². The molecule has 0 saturated carbocycles. The van der Waals surface area contributed by atoms with Gasteiger partial charge in [-0.15, -0.1) is 0 Å². The van der Waals surface area contributed by atoms with Crippen molar-refractivity contribution in [1.82, 2.24) is 9.13 Å². The fourth-order valence-electron chi connectivity index (χ4n) is 2.59. The number of rotatable bonds is 3. The lowest BCUT2D eigenvalue weighted by atomic mass is 10.0. The van der Waals surface area contributed by atoms with Crippen LogP contribution in [0, 0.1) is 5.92 Å². The zero-order valence-electron chi connectivity index (χ0n) is 10.8. The fraction of sp³-hybridized carbons (Fsp3) is 0.429. The number of para-hydroxylation sites is 2. The van der Waals surface area contributed by atoms with Gasteiger partial charge in [0.05, 0.1) is 24.2 Å². The average molecular weight is 260 g/mol. The number of imidazole rings is 1. The van der Waals surface area contributed by atoms with Gasteiger partial charge in [-0.25, -0.2) is 4.79 Å². The monoisotopic (exact) mass is 260 g/mol. The first-order chi connectivity index (χ1) is 9.18. The number of fused-ring (bicyclic) bond motifs is 1. The minimum atomic E-state index is -0.145. The van der Waals surface area contributed by atoms with Crippen molar-refractivity contribution in [3.8, 4) is 0 Å². The smallest absolute Gasteiger partial charge is 0.329 e. The highest BCUT2D eigenvalue weighted by molar-refractivity contribution is 5.84. The maximum absolute atomic E-state index is 12.2. The molecule has 1 aliphatic rings. The second-order valence-corrected chi connectivity index (χ2v) is 4.94. The van der Waals surface area contributed by atoms with E-state index in [1.54, 1.807) is 16.2 Å². The van der Waals surface area contributed by atoms with Crippen LogP contribution in [0.1, 0.15) is 6.42 Å². The molecule has 1 saturated heterocycles. The molecule has 2 aromatic rings. The molecule has 1 atom stereocenters. The van der Waals surface area contributed by atoms with E-state index >= 15 is 0 Å². The lowest BCUT2D eigenvalue weighted by Crippen LogP contribution is -2.28. The SMILES string of the molecule is Cn1c(=O)n(CC(=O)C2CCOC2)c2ccccc21. The molecule has 100 valence electrons. The van der Waals surface area contributed by atoms with Crippen LogP contribution in [0.4, 0.5) is 0 Å². The number of carbonyl (C=O) groups is 1. The molecule has 0 bridgehead atoms. The molecule has 1 aromatic carbocycles. The minimum Gasteiger partial charge on any atom is -0.381 e. The second kappa shape index (κ2) is 4.66. The third kappa shape index (κ3) is 2.00. The maximum atomic E-state index is 12.2. The van der Waals surface area contributed by atoms with Gasteiger partial charge in [-0.05, 0) is 18.6 Å². The number of hydrogen-bond donors (Lipinski definition) is 0. The molecule has 1 aromatic heterocycles. The van der Waals surface area contributed by atoms with Gasteiger partial charge >= 0.3 is 5.69 Å². The number of benzene rings is 1. The Morgan fingerprint density at radius 1 is 1.37 bits per heavy atom. The van der Waals surface area contributed by atoms with E-state index in [1.165, 1.54) is 0 Å². The third-order valence-corrected chi connectivity index (χ3v) is 3.75. The Labute approximate surface area is 110 Å². The number of nitrogens with zero attached hydrogens (tertiary/aromatic N) is 2. The van der Waals surface area contributed by atoms with Gasteiger partial charge in [0.25, 0.3) is 0 Å². The largest absolute Gasteiger partial charge is 0.381 e. The number of aryl methyl sites for hydroxylation is 1. The van der Waals surface area contributed by atoms with Crippen LogP contribution in [-0.2, 0) is 23.1 Å². The molecule has 0 N–H and O–H groups in total. The minimum absolute atomic E-state index is 0.0640. The fourth-order valence-corrected chi connectivity index (χ4v) is 2.59. The standard InChI is InChI=1S/C14H16N2O3/c1-15-11-4-2-3-5-12(11)16(14(15)18)8-13(17)10-6-7-19-9-10/h2-5,10H,6-9H2,1H3. The van der Waals surface area contributed by atoms with Crippen molar-refractivity contribution in [2.24, 2.45) is 13.0 Å². The van der Waals surface area contributed by atoms with E-state index in [-0.39, 0.29) is 23.9 Å². The Kier molecular flexibility index (Phi) is 2.98. The first kappa shape index (κ1) is 12.2. The molecule has 1 fully saturated rings. The van der Waals surface area contributed by atoms with Crippen molar-refractivity contribution in [3.63, 3.8) is 0 Å². The van der Waals surface area contributed by atoms with Crippen LogP contribution in [0.2, 0.25) is 0 Å². The molecule has 0 amide bonds. The van der Waals surface area contributed by atoms with Crippen molar-refractivity contribution in [1.29, 1.82) is 0 Å². The number of aromatic nitrogens is 2. The summed E-state index contributed by atoms with van der Waals surface area (Å²) < 4.78 is 8.35. The Morgan fingerprint density at radius 2 is 2.11 bits per heavy atom. The van der Waals surface area contributed by atoms with Gasteiger partial charge in [0.2, 0.25) is 0 Å².